The van der Waals surface area contributed by atoms with Gasteiger partial charge in [-0.2, -0.15) is 0 Å². The van der Waals surface area contributed by atoms with E-state index >= 15 is 0 Å². The average molecular weight is 360 g/mol. The summed E-state index contributed by atoms with van der Waals surface area (Å²) in [6, 6.07) is 6.43. The maximum Gasteiger partial charge on any atom is 0.418 e. The Morgan fingerprint density at radius 1 is 1.15 bits per heavy atom. The monoisotopic (exact) mass is 360 g/mol. The molecule has 0 fully saturated rings. The van der Waals surface area contributed by atoms with Crippen molar-refractivity contribution in [3.63, 3.8) is 0 Å². The number of carbonyl (C=O) groups is 3. The van der Waals surface area contributed by atoms with E-state index in [2.05, 4.69) is 0 Å². The van der Waals surface area contributed by atoms with Gasteiger partial charge in [0, 0.05) is 31.4 Å². The van der Waals surface area contributed by atoms with Gasteiger partial charge in [0.05, 0.1) is 5.52 Å². The zero-order valence-corrected chi connectivity index (χ0v) is 15.6. The lowest BCUT2D eigenvalue weighted by Gasteiger charge is -2.26. The molecular formula is C18H24N4O4. The van der Waals surface area contributed by atoms with Crippen LogP contribution in [0.1, 0.15) is 25.6 Å². The molecule has 3 amide bonds. The fraction of sp³-hybridized carbons (Fsp3) is 0.389. The molecule has 0 saturated carbocycles. The molecular weight excluding hydrogens is 336 g/mol. The van der Waals surface area contributed by atoms with E-state index in [4.69, 9.17) is 10.5 Å². The summed E-state index contributed by atoms with van der Waals surface area (Å²) >= 11 is 0. The number of benzene rings is 1. The highest BCUT2D eigenvalue weighted by atomic mass is 16.6. The van der Waals surface area contributed by atoms with Crippen molar-refractivity contribution < 1.29 is 19.1 Å². The van der Waals surface area contributed by atoms with Crippen molar-refractivity contribution >= 4 is 34.6 Å². The van der Waals surface area contributed by atoms with Gasteiger partial charge in [0.15, 0.2) is 0 Å². The Hall–Kier alpha value is -3.03. The fourth-order valence-electron chi connectivity index (χ4n) is 2.37. The summed E-state index contributed by atoms with van der Waals surface area (Å²) in [6.07, 6.45) is 0.850. The molecule has 0 spiro atoms. The van der Waals surface area contributed by atoms with E-state index < -0.39 is 17.7 Å². The van der Waals surface area contributed by atoms with Gasteiger partial charge < -0.3 is 15.4 Å². The number of hydrogen-bond donors (Lipinski definition) is 1. The smallest absolute Gasteiger partial charge is 0.418 e. The Kier molecular flexibility index (Phi) is 5.25. The molecule has 8 heteroatoms. The number of urea groups is 1. The largest absolute Gasteiger partial charge is 0.443 e. The number of likely N-dealkylation sites (N-methyl/N-ethyl adjacent to an activating group) is 1. The van der Waals surface area contributed by atoms with Crippen LogP contribution < -0.4 is 5.73 Å². The minimum atomic E-state index is -0.777. The maximum absolute atomic E-state index is 12.6. The molecule has 2 N–H and O–H groups in total. The van der Waals surface area contributed by atoms with Crippen molar-refractivity contribution in [1.82, 2.24) is 14.4 Å². The number of fused-ring (bicyclic) bond motifs is 1. The molecule has 26 heavy (non-hydrogen) atoms. The quantitative estimate of drug-likeness (QED) is 0.831. The Morgan fingerprint density at radius 2 is 1.81 bits per heavy atom. The summed E-state index contributed by atoms with van der Waals surface area (Å²) in [4.78, 5) is 38.9. The zero-order valence-electron chi connectivity index (χ0n) is 15.6. The fourth-order valence-corrected chi connectivity index (χ4v) is 2.37. The van der Waals surface area contributed by atoms with Gasteiger partial charge in [0.2, 0.25) is 0 Å². The number of aromatic nitrogens is 1. The number of ether oxygens (including phenoxy) is 1. The van der Waals surface area contributed by atoms with Crippen LogP contribution in [-0.4, -0.2) is 58.6 Å². The SMILES string of the molecule is CN(CC(=O)n1ccc2ccc(N)cc21)C(=O)N(C)C(=O)OC(C)(C)C. The van der Waals surface area contributed by atoms with Gasteiger partial charge in [-0.05, 0) is 39.0 Å². The second-order valence-electron chi connectivity index (χ2n) is 7.08. The van der Waals surface area contributed by atoms with Gasteiger partial charge in [-0.1, -0.05) is 6.07 Å². The van der Waals surface area contributed by atoms with E-state index in [-0.39, 0.29) is 12.5 Å². The number of nitrogens with two attached hydrogens (primary N) is 1. The third-order valence-electron chi connectivity index (χ3n) is 3.64. The number of carbonyl (C=O) groups excluding carboxylic acids is 3. The second kappa shape index (κ2) is 7.07. The first-order chi connectivity index (χ1) is 12.0. The number of amides is 3. The third-order valence-corrected chi connectivity index (χ3v) is 3.64. The molecule has 0 unspecified atom stereocenters. The highest BCUT2D eigenvalue weighted by molar-refractivity contribution is 5.97. The number of hydrogen-bond acceptors (Lipinski definition) is 5. The topological polar surface area (TPSA) is 97.9 Å². The summed E-state index contributed by atoms with van der Waals surface area (Å²) in [5, 5.41) is 0.868. The molecule has 0 aliphatic rings. The minimum Gasteiger partial charge on any atom is -0.443 e. The number of nitrogens with zero attached hydrogens (tertiary/aromatic N) is 3. The molecule has 0 saturated heterocycles. The molecule has 1 aromatic carbocycles. The van der Waals surface area contributed by atoms with E-state index in [0.717, 1.165) is 15.2 Å². The molecule has 0 bridgehead atoms. The molecule has 140 valence electrons. The molecule has 0 atom stereocenters. The molecule has 1 heterocycles. The van der Waals surface area contributed by atoms with Crippen molar-refractivity contribution in [1.29, 1.82) is 0 Å². The summed E-state index contributed by atoms with van der Waals surface area (Å²) in [6.45, 7) is 4.92. The first kappa shape index (κ1) is 19.3. The summed E-state index contributed by atoms with van der Waals surface area (Å²) in [5.74, 6) is -0.320. The Bertz CT molecular complexity index is 850. The zero-order chi connectivity index (χ0) is 19.6. The molecule has 0 aliphatic carbocycles. The summed E-state index contributed by atoms with van der Waals surface area (Å²) in [7, 11) is 2.75. The second-order valence-corrected chi connectivity index (χ2v) is 7.08. The van der Waals surface area contributed by atoms with E-state index in [1.54, 1.807) is 45.2 Å². The van der Waals surface area contributed by atoms with Crippen LogP contribution in [0.5, 0.6) is 0 Å². The van der Waals surface area contributed by atoms with E-state index in [0.29, 0.717) is 11.2 Å². The van der Waals surface area contributed by atoms with Crippen LogP contribution in [0.25, 0.3) is 10.9 Å². The molecule has 2 rings (SSSR count). The standard InChI is InChI=1S/C18H24N4O4/c1-18(2,3)26-17(25)21(5)16(24)20(4)11-15(23)22-9-8-12-6-7-13(19)10-14(12)22/h6-10H,11,19H2,1-5H3. The molecule has 0 aliphatic heterocycles. The molecule has 0 radical (unpaired) electrons. The highest BCUT2D eigenvalue weighted by Gasteiger charge is 2.27. The van der Waals surface area contributed by atoms with Crippen LogP contribution in [0.4, 0.5) is 15.3 Å². The minimum absolute atomic E-state index is 0.204. The number of rotatable bonds is 2. The van der Waals surface area contributed by atoms with E-state index in [9.17, 15) is 14.4 Å². The van der Waals surface area contributed by atoms with Crippen LogP contribution >= 0.6 is 0 Å². The average Bonchev–Trinajstić information content (AvgIpc) is 2.94. The van der Waals surface area contributed by atoms with Crippen molar-refractivity contribution in [2.45, 2.75) is 26.4 Å². The van der Waals surface area contributed by atoms with Crippen LogP contribution in [0.15, 0.2) is 30.5 Å². The van der Waals surface area contributed by atoms with Gasteiger partial charge in [-0.25, -0.2) is 14.5 Å². The number of anilines is 1. The summed E-state index contributed by atoms with van der Waals surface area (Å²) in [5.41, 5.74) is 6.26. The van der Waals surface area contributed by atoms with Crippen molar-refractivity contribution in [2.24, 2.45) is 0 Å². The first-order valence-electron chi connectivity index (χ1n) is 8.11. The molecule has 2 aromatic rings. The number of imide groups is 1. The Labute approximate surface area is 152 Å². The van der Waals surface area contributed by atoms with Crippen molar-refractivity contribution in [3.05, 3.63) is 30.5 Å². The van der Waals surface area contributed by atoms with Crippen molar-refractivity contribution in [2.75, 3.05) is 26.4 Å². The Balaban J connectivity index is 2.09. The lowest BCUT2D eigenvalue weighted by atomic mass is 10.2. The van der Waals surface area contributed by atoms with E-state index in [1.165, 1.54) is 18.7 Å². The predicted molar refractivity (Wildman–Crippen MR) is 99.0 cm³/mol. The van der Waals surface area contributed by atoms with Crippen LogP contribution in [-0.2, 0) is 4.74 Å². The van der Waals surface area contributed by atoms with Crippen LogP contribution in [0.3, 0.4) is 0 Å². The van der Waals surface area contributed by atoms with Gasteiger partial charge in [-0.15, -0.1) is 0 Å². The van der Waals surface area contributed by atoms with Gasteiger partial charge in [-0.3, -0.25) is 9.36 Å². The summed E-state index contributed by atoms with van der Waals surface area (Å²) < 4.78 is 6.59. The van der Waals surface area contributed by atoms with E-state index in [1.807, 2.05) is 6.07 Å². The maximum atomic E-state index is 12.6. The Morgan fingerprint density at radius 3 is 2.42 bits per heavy atom. The lowest BCUT2D eigenvalue weighted by Crippen LogP contribution is -2.46. The van der Waals surface area contributed by atoms with Crippen LogP contribution in [0.2, 0.25) is 0 Å². The lowest BCUT2D eigenvalue weighted by molar-refractivity contribution is 0.0330. The first-order valence-corrected chi connectivity index (χ1v) is 8.11. The van der Waals surface area contributed by atoms with Gasteiger partial charge in [0.25, 0.3) is 5.91 Å². The third kappa shape index (κ3) is 4.33. The molecule has 8 nitrogen and oxygen atoms in total. The van der Waals surface area contributed by atoms with Crippen molar-refractivity contribution in [3.8, 4) is 0 Å². The molecule has 1 aromatic heterocycles. The predicted octanol–water partition coefficient (Wildman–Crippen LogP) is 2.78. The van der Waals surface area contributed by atoms with Gasteiger partial charge >= 0.3 is 12.1 Å². The van der Waals surface area contributed by atoms with Gasteiger partial charge in [0.1, 0.15) is 12.1 Å². The highest BCUT2D eigenvalue weighted by Crippen LogP contribution is 2.19. The normalized spacial score (nSPS) is 11.3. The van der Waals surface area contributed by atoms with Crippen LogP contribution in [0, 0.1) is 0 Å². The number of nitrogen functional groups attached to an aromatic ring is 1.